The smallest absolute Gasteiger partial charge is 0.368 e. The summed E-state index contributed by atoms with van der Waals surface area (Å²) in [5.74, 6) is 0.741. The maximum Gasteiger partial charge on any atom is 0.408 e. The summed E-state index contributed by atoms with van der Waals surface area (Å²) in [6.07, 6.45) is -2.99. The highest BCUT2D eigenvalue weighted by Gasteiger charge is 2.30. The van der Waals surface area contributed by atoms with Crippen LogP contribution in [-0.2, 0) is 6.54 Å². The number of hydrogen-bond donors (Lipinski definition) is 2. The van der Waals surface area contributed by atoms with Gasteiger partial charge in [-0.3, -0.25) is 4.68 Å². The zero-order chi connectivity index (χ0) is 17.5. The van der Waals surface area contributed by atoms with E-state index < -0.39 is 12.7 Å². The molecular weight excluding hydrogens is 323 g/mol. The van der Waals surface area contributed by atoms with Crippen molar-refractivity contribution in [2.45, 2.75) is 25.7 Å². The van der Waals surface area contributed by atoms with Gasteiger partial charge in [-0.05, 0) is 14.0 Å². The van der Waals surface area contributed by atoms with E-state index in [1.165, 1.54) is 6.20 Å². The number of halogens is 3. The molecule has 0 atom stereocenters. The van der Waals surface area contributed by atoms with Crippen molar-refractivity contribution >= 4 is 11.8 Å². The Morgan fingerprint density at radius 3 is 2.67 bits per heavy atom. The Morgan fingerprint density at radius 2 is 2.04 bits per heavy atom. The lowest BCUT2D eigenvalue weighted by atomic mass is 10.1. The molecule has 0 spiro atoms. The summed E-state index contributed by atoms with van der Waals surface area (Å²) in [6.45, 7) is 2.08. The van der Waals surface area contributed by atoms with Crippen molar-refractivity contribution in [3.05, 3.63) is 18.0 Å². The number of nitrogen functional groups attached to an aromatic ring is 1. The fourth-order valence-corrected chi connectivity index (χ4v) is 2.63. The molecule has 1 aliphatic heterocycles. The number of likely N-dealkylation sites (N-methyl/N-ethyl adjacent to an activating group) is 1. The van der Waals surface area contributed by atoms with Crippen LogP contribution in [0.2, 0.25) is 0 Å². The van der Waals surface area contributed by atoms with Crippen LogP contribution in [0.25, 0.3) is 11.3 Å². The van der Waals surface area contributed by atoms with Crippen LogP contribution in [0.15, 0.2) is 12.3 Å². The van der Waals surface area contributed by atoms with Gasteiger partial charge in [0.25, 0.3) is 0 Å². The first-order valence-corrected chi connectivity index (χ1v) is 7.43. The number of aromatic nitrogens is 4. The Hall–Kier alpha value is -2.36. The fraction of sp³-hybridized carbons (Fsp3) is 0.500. The molecule has 2 aromatic rings. The van der Waals surface area contributed by atoms with E-state index in [1.807, 2.05) is 11.9 Å². The number of aryl methyl sites for hydroxylation is 1. The lowest BCUT2D eigenvalue weighted by Crippen LogP contribution is -2.57. The Morgan fingerprint density at radius 1 is 1.33 bits per heavy atom. The third-order valence-electron chi connectivity index (χ3n) is 3.91. The maximum absolute atomic E-state index is 12.5. The van der Waals surface area contributed by atoms with Crippen LogP contribution in [-0.4, -0.2) is 52.1 Å². The van der Waals surface area contributed by atoms with Crippen molar-refractivity contribution in [1.82, 2.24) is 25.1 Å². The third-order valence-corrected chi connectivity index (χ3v) is 3.91. The van der Waals surface area contributed by atoms with Crippen LogP contribution in [0.4, 0.5) is 24.9 Å². The molecule has 0 amide bonds. The van der Waals surface area contributed by atoms with Gasteiger partial charge < -0.3 is 16.0 Å². The number of anilines is 2. The van der Waals surface area contributed by atoms with Crippen LogP contribution < -0.4 is 16.0 Å². The molecule has 0 aliphatic carbocycles. The lowest BCUT2D eigenvalue weighted by Gasteiger charge is -2.40. The Balaban J connectivity index is 1.88. The molecule has 3 rings (SSSR count). The van der Waals surface area contributed by atoms with E-state index in [1.54, 1.807) is 13.0 Å². The summed E-state index contributed by atoms with van der Waals surface area (Å²) in [4.78, 5) is 10.4. The van der Waals surface area contributed by atoms with Gasteiger partial charge in [0.15, 0.2) is 0 Å². The normalized spacial score (nSPS) is 15.6. The topological polar surface area (TPSA) is 84.9 Å². The first-order chi connectivity index (χ1) is 11.2. The highest BCUT2D eigenvalue weighted by atomic mass is 19.4. The monoisotopic (exact) mass is 341 g/mol. The summed E-state index contributed by atoms with van der Waals surface area (Å²) in [7, 11) is 1.89. The van der Waals surface area contributed by atoms with E-state index >= 15 is 0 Å². The summed E-state index contributed by atoms with van der Waals surface area (Å²) in [5, 5.41) is 7.07. The van der Waals surface area contributed by atoms with Gasteiger partial charge in [0.2, 0.25) is 5.95 Å². The summed E-state index contributed by atoms with van der Waals surface area (Å²) >= 11 is 0. The number of hydrogen-bond acceptors (Lipinski definition) is 6. The predicted molar refractivity (Wildman–Crippen MR) is 83.5 cm³/mol. The van der Waals surface area contributed by atoms with Crippen molar-refractivity contribution in [3.8, 4) is 11.3 Å². The lowest BCUT2D eigenvalue weighted by molar-refractivity contribution is -0.142. The minimum atomic E-state index is -4.33. The Labute approximate surface area is 136 Å². The molecule has 0 radical (unpaired) electrons. The average Bonchev–Trinajstić information content (AvgIpc) is 2.75. The molecule has 7 nitrogen and oxygen atoms in total. The second-order valence-electron chi connectivity index (χ2n) is 5.80. The van der Waals surface area contributed by atoms with Gasteiger partial charge in [-0.15, -0.1) is 0 Å². The average molecular weight is 341 g/mol. The standard InChI is InChI=1S/C14H18F3N7/c1-8-10(6-24(22-8)7-14(15,16)17)11-3-12(21-13(18)20-11)23-4-9(5-23)19-2/h3,6,9,19H,4-5,7H2,1-2H3,(H2,18,20,21). The Bertz CT molecular complexity index is 734. The number of nitrogens with two attached hydrogens (primary N) is 1. The quantitative estimate of drug-likeness (QED) is 0.869. The molecule has 0 unspecified atom stereocenters. The van der Waals surface area contributed by atoms with Crippen LogP contribution in [0.5, 0.6) is 0 Å². The second kappa shape index (κ2) is 5.93. The number of alkyl halides is 3. The molecule has 0 saturated carbocycles. The van der Waals surface area contributed by atoms with E-state index in [-0.39, 0.29) is 5.95 Å². The van der Waals surface area contributed by atoms with Gasteiger partial charge in [0.05, 0.1) is 11.4 Å². The fourth-order valence-electron chi connectivity index (χ4n) is 2.63. The van der Waals surface area contributed by atoms with Crippen molar-refractivity contribution in [1.29, 1.82) is 0 Å². The van der Waals surface area contributed by atoms with Gasteiger partial charge in [-0.25, -0.2) is 4.98 Å². The van der Waals surface area contributed by atoms with E-state index in [2.05, 4.69) is 20.4 Å². The first kappa shape index (κ1) is 16.5. The van der Waals surface area contributed by atoms with Gasteiger partial charge in [0, 0.05) is 37.0 Å². The molecule has 0 bridgehead atoms. The molecule has 3 heterocycles. The molecule has 10 heteroatoms. The third kappa shape index (κ3) is 3.42. The molecule has 1 fully saturated rings. The highest BCUT2D eigenvalue weighted by Crippen LogP contribution is 2.28. The molecule has 2 aromatic heterocycles. The van der Waals surface area contributed by atoms with Gasteiger partial charge in [-0.1, -0.05) is 0 Å². The highest BCUT2D eigenvalue weighted by molar-refractivity contribution is 5.66. The van der Waals surface area contributed by atoms with Gasteiger partial charge >= 0.3 is 6.18 Å². The second-order valence-corrected chi connectivity index (χ2v) is 5.80. The van der Waals surface area contributed by atoms with Crippen LogP contribution >= 0.6 is 0 Å². The first-order valence-electron chi connectivity index (χ1n) is 7.43. The van der Waals surface area contributed by atoms with Crippen molar-refractivity contribution in [2.75, 3.05) is 30.8 Å². The molecule has 130 valence electrons. The van der Waals surface area contributed by atoms with Crippen molar-refractivity contribution < 1.29 is 13.2 Å². The summed E-state index contributed by atoms with van der Waals surface area (Å²) in [5.41, 5.74) is 7.21. The Kier molecular flexibility index (Phi) is 4.08. The van der Waals surface area contributed by atoms with Crippen LogP contribution in [0.3, 0.4) is 0 Å². The van der Waals surface area contributed by atoms with E-state index in [0.717, 1.165) is 17.8 Å². The van der Waals surface area contributed by atoms with E-state index in [0.29, 0.717) is 28.8 Å². The summed E-state index contributed by atoms with van der Waals surface area (Å²) < 4.78 is 38.4. The predicted octanol–water partition coefficient (Wildman–Crippen LogP) is 1.20. The molecule has 0 aromatic carbocycles. The molecule has 1 aliphatic rings. The summed E-state index contributed by atoms with van der Waals surface area (Å²) in [6, 6.07) is 2.12. The number of nitrogens with one attached hydrogen (secondary N) is 1. The van der Waals surface area contributed by atoms with Crippen molar-refractivity contribution in [2.24, 2.45) is 0 Å². The number of rotatable bonds is 4. The van der Waals surface area contributed by atoms with E-state index in [4.69, 9.17) is 5.73 Å². The maximum atomic E-state index is 12.5. The minimum absolute atomic E-state index is 0.0818. The SMILES string of the molecule is CNC1CN(c2cc(-c3cn(CC(F)(F)F)nc3C)nc(N)n2)C1. The largest absolute Gasteiger partial charge is 0.408 e. The zero-order valence-corrected chi connectivity index (χ0v) is 13.3. The van der Waals surface area contributed by atoms with Crippen LogP contribution in [0.1, 0.15) is 5.69 Å². The van der Waals surface area contributed by atoms with Gasteiger partial charge in [-0.2, -0.15) is 23.3 Å². The number of nitrogens with zero attached hydrogens (tertiary/aromatic N) is 5. The molecule has 24 heavy (non-hydrogen) atoms. The molecule has 1 saturated heterocycles. The van der Waals surface area contributed by atoms with Crippen LogP contribution in [0, 0.1) is 6.92 Å². The molecule has 3 N–H and O–H groups in total. The van der Waals surface area contributed by atoms with Crippen molar-refractivity contribution in [3.63, 3.8) is 0 Å². The zero-order valence-electron chi connectivity index (χ0n) is 13.3. The minimum Gasteiger partial charge on any atom is -0.368 e. The molecular formula is C14H18F3N7. The van der Waals surface area contributed by atoms with E-state index in [9.17, 15) is 13.2 Å². The van der Waals surface area contributed by atoms with Gasteiger partial charge in [0.1, 0.15) is 12.4 Å².